The van der Waals surface area contributed by atoms with Crippen LogP contribution in [-0.4, -0.2) is 23.7 Å². The zero-order valence-electron chi connectivity index (χ0n) is 14.2. The number of rotatable bonds is 4. The number of benzene rings is 1. The molecular weight excluding hydrogens is 377 g/mol. The van der Waals surface area contributed by atoms with E-state index in [0.29, 0.717) is 17.2 Å². The first-order valence-electron chi connectivity index (χ1n) is 8.43. The van der Waals surface area contributed by atoms with Gasteiger partial charge in [-0.05, 0) is 18.9 Å². The fraction of sp³-hybridized carbons (Fsp3) is 0.368. The van der Waals surface area contributed by atoms with Crippen LogP contribution < -0.4 is 14.2 Å². The summed E-state index contributed by atoms with van der Waals surface area (Å²) in [5, 5.41) is 0.467. The molecule has 1 aliphatic carbocycles. The summed E-state index contributed by atoms with van der Waals surface area (Å²) in [7, 11) is 1.58. The molecule has 1 spiro atoms. The molecule has 0 unspecified atom stereocenters. The minimum atomic E-state index is -0.638. The van der Waals surface area contributed by atoms with Crippen LogP contribution in [0.15, 0.2) is 24.5 Å². The summed E-state index contributed by atoms with van der Waals surface area (Å²) in [6.07, 6.45) is 6.65. The van der Waals surface area contributed by atoms with Gasteiger partial charge in [0, 0.05) is 37.2 Å². The van der Waals surface area contributed by atoms with E-state index in [2.05, 4.69) is 4.98 Å². The highest BCUT2D eigenvalue weighted by atomic mass is 35.5. The second kappa shape index (κ2) is 6.63. The molecular formula is C19H17Cl2NO4. The second-order valence-corrected chi connectivity index (χ2v) is 7.30. The van der Waals surface area contributed by atoms with E-state index in [0.717, 1.165) is 31.2 Å². The minimum absolute atomic E-state index is 0.0925. The Morgan fingerprint density at radius 2 is 1.81 bits per heavy atom. The molecule has 0 bridgehead atoms. The summed E-state index contributed by atoms with van der Waals surface area (Å²) in [5.41, 5.74) is 0.987. The van der Waals surface area contributed by atoms with Crippen molar-refractivity contribution in [3.05, 3.63) is 45.7 Å². The van der Waals surface area contributed by atoms with Crippen molar-refractivity contribution in [3.8, 4) is 17.2 Å². The molecule has 0 N–H and O–H groups in total. The van der Waals surface area contributed by atoms with Crippen LogP contribution in [0.4, 0.5) is 0 Å². The van der Waals surface area contributed by atoms with Crippen molar-refractivity contribution in [1.29, 1.82) is 0 Å². The zero-order valence-corrected chi connectivity index (χ0v) is 15.7. The van der Waals surface area contributed by atoms with Crippen LogP contribution in [0.3, 0.4) is 0 Å². The lowest BCUT2D eigenvalue weighted by Gasteiger charge is -2.21. The molecule has 1 aliphatic heterocycles. The summed E-state index contributed by atoms with van der Waals surface area (Å²) >= 11 is 12.2. The summed E-state index contributed by atoms with van der Waals surface area (Å²) in [5.74, 6) is 0.888. The van der Waals surface area contributed by atoms with Crippen LogP contribution in [0, 0.1) is 0 Å². The van der Waals surface area contributed by atoms with E-state index in [1.165, 1.54) is 12.4 Å². The van der Waals surface area contributed by atoms with Crippen molar-refractivity contribution < 1.29 is 19.0 Å². The molecule has 2 heterocycles. The maximum atomic E-state index is 12.8. The topological polar surface area (TPSA) is 57.7 Å². The largest absolute Gasteiger partial charge is 0.493 e. The molecule has 2 aliphatic rings. The van der Waals surface area contributed by atoms with E-state index in [1.807, 2.05) is 6.07 Å². The predicted molar refractivity (Wildman–Crippen MR) is 97.7 cm³/mol. The molecule has 7 heteroatoms. The maximum absolute atomic E-state index is 12.8. The van der Waals surface area contributed by atoms with Gasteiger partial charge in [-0.25, -0.2) is 0 Å². The molecule has 0 saturated heterocycles. The lowest BCUT2D eigenvalue weighted by molar-refractivity contribution is -0.0726. The Morgan fingerprint density at radius 1 is 1.15 bits per heavy atom. The number of Topliss-reactive ketones (excluding diaryl/α,β-unsaturated/α-hetero) is 1. The molecule has 0 radical (unpaired) electrons. The average molecular weight is 394 g/mol. The van der Waals surface area contributed by atoms with Crippen molar-refractivity contribution in [2.75, 3.05) is 7.11 Å². The highest BCUT2D eigenvalue weighted by Crippen LogP contribution is 2.52. The van der Waals surface area contributed by atoms with Crippen molar-refractivity contribution in [2.45, 2.75) is 37.9 Å². The molecule has 4 rings (SSSR count). The van der Waals surface area contributed by atoms with Crippen molar-refractivity contribution >= 4 is 29.0 Å². The normalized spacial score (nSPS) is 16.9. The average Bonchev–Trinajstić information content (AvgIpc) is 3.22. The number of carbonyl (C=O) groups excluding carboxylic acids is 1. The Balaban J connectivity index is 1.69. The molecule has 26 heavy (non-hydrogen) atoms. The number of ether oxygens (including phenoxy) is 3. The van der Waals surface area contributed by atoms with E-state index in [9.17, 15) is 4.79 Å². The summed E-state index contributed by atoms with van der Waals surface area (Å²) in [6.45, 7) is 0. The Bertz CT molecular complexity index is 858. The van der Waals surface area contributed by atoms with Gasteiger partial charge >= 0.3 is 0 Å². The fourth-order valence-electron chi connectivity index (χ4n) is 3.54. The molecule has 1 aromatic carbocycles. The zero-order chi connectivity index (χ0) is 18.3. The molecule has 1 fully saturated rings. The standard InChI is InChI=1S/C19H17Cl2NO4/c1-24-15-5-4-11(8-14(23)16-12(20)9-22-10-13(16)21)17-18(15)26-19(25-17)6-2-3-7-19/h4-5,9-10H,2-3,6-8H2,1H3. The van der Waals surface area contributed by atoms with E-state index < -0.39 is 5.79 Å². The van der Waals surface area contributed by atoms with Gasteiger partial charge in [-0.1, -0.05) is 29.3 Å². The van der Waals surface area contributed by atoms with Crippen LogP contribution in [0.2, 0.25) is 10.0 Å². The third-order valence-electron chi connectivity index (χ3n) is 4.80. The molecule has 1 aromatic heterocycles. The van der Waals surface area contributed by atoms with Crippen LogP contribution >= 0.6 is 23.2 Å². The van der Waals surface area contributed by atoms with E-state index >= 15 is 0 Å². The molecule has 2 aromatic rings. The molecule has 0 amide bonds. The van der Waals surface area contributed by atoms with Gasteiger partial charge in [0.05, 0.1) is 22.7 Å². The number of aromatic nitrogens is 1. The number of methoxy groups -OCH3 is 1. The quantitative estimate of drug-likeness (QED) is 0.693. The van der Waals surface area contributed by atoms with Crippen LogP contribution in [-0.2, 0) is 6.42 Å². The number of ketones is 1. The molecule has 0 atom stereocenters. The van der Waals surface area contributed by atoms with Gasteiger partial charge in [0.2, 0.25) is 5.75 Å². The van der Waals surface area contributed by atoms with Crippen molar-refractivity contribution in [3.63, 3.8) is 0 Å². The van der Waals surface area contributed by atoms with Crippen LogP contribution in [0.1, 0.15) is 41.6 Å². The Kier molecular flexibility index (Phi) is 4.45. The highest BCUT2D eigenvalue weighted by molar-refractivity contribution is 6.39. The van der Waals surface area contributed by atoms with Crippen LogP contribution in [0.25, 0.3) is 0 Å². The molecule has 1 saturated carbocycles. The summed E-state index contributed by atoms with van der Waals surface area (Å²) in [4.78, 5) is 16.7. The predicted octanol–water partition coefficient (Wildman–Crippen LogP) is 4.86. The summed E-state index contributed by atoms with van der Waals surface area (Å²) in [6, 6.07) is 3.60. The number of halogens is 2. The monoisotopic (exact) mass is 393 g/mol. The van der Waals surface area contributed by atoms with Gasteiger partial charge in [0.15, 0.2) is 17.3 Å². The van der Waals surface area contributed by atoms with Crippen LogP contribution in [0.5, 0.6) is 17.2 Å². The Labute approximate surface area is 161 Å². The maximum Gasteiger partial charge on any atom is 0.251 e. The van der Waals surface area contributed by atoms with Gasteiger partial charge in [-0.3, -0.25) is 9.78 Å². The lowest BCUT2D eigenvalue weighted by Crippen LogP contribution is -2.34. The van der Waals surface area contributed by atoms with E-state index in [1.54, 1.807) is 13.2 Å². The first kappa shape index (κ1) is 17.4. The number of fused-ring (bicyclic) bond motifs is 1. The third-order valence-corrected chi connectivity index (χ3v) is 5.38. The van der Waals surface area contributed by atoms with Gasteiger partial charge < -0.3 is 14.2 Å². The smallest absolute Gasteiger partial charge is 0.251 e. The second-order valence-electron chi connectivity index (χ2n) is 6.49. The minimum Gasteiger partial charge on any atom is -0.493 e. The van der Waals surface area contributed by atoms with E-state index in [-0.39, 0.29) is 27.8 Å². The number of hydrogen-bond donors (Lipinski definition) is 0. The Hall–Kier alpha value is -1.98. The lowest BCUT2D eigenvalue weighted by atomic mass is 10.0. The number of carbonyl (C=O) groups is 1. The first-order chi connectivity index (χ1) is 12.5. The van der Waals surface area contributed by atoms with Crippen molar-refractivity contribution in [2.24, 2.45) is 0 Å². The SMILES string of the molecule is COc1ccc(CC(=O)c2c(Cl)cncc2Cl)c2c1OC1(CCCC1)O2. The third kappa shape index (κ3) is 2.89. The summed E-state index contributed by atoms with van der Waals surface area (Å²) < 4.78 is 17.7. The van der Waals surface area contributed by atoms with Gasteiger partial charge in [0.1, 0.15) is 0 Å². The first-order valence-corrected chi connectivity index (χ1v) is 9.19. The van der Waals surface area contributed by atoms with E-state index in [4.69, 9.17) is 37.4 Å². The van der Waals surface area contributed by atoms with Crippen molar-refractivity contribution in [1.82, 2.24) is 4.98 Å². The van der Waals surface area contributed by atoms with Gasteiger partial charge in [-0.2, -0.15) is 0 Å². The number of pyridine rings is 1. The number of nitrogens with zero attached hydrogens (tertiary/aromatic N) is 1. The van der Waals surface area contributed by atoms with Gasteiger partial charge in [-0.15, -0.1) is 0 Å². The molecule has 5 nitrogen and oxygen atoms in total. The number of hydrogen-bond acceptors (Lipinski definition) is 5. The fourth-order valence-corrected chi connectivity index (χ4v) is 4.12. The van der Waals surface area contributed by atoms with Gasteiger partial charge in [0.25, 0.3) is 5.79 Å². The highest BCUT2D eigenvalue weighted by Gasteiger charge is 2.46. The Morgan fingerprint density at radius 3 is 2.46 bits per heavy atom. The molecule has 136 valence electrons.